The third kappa shape index (κ3) is 11.8. The van der Waals surface area contributed by atoms with Gasteiger partial charge in [-0.25, -0.2) is 0 Å². The van der Waals surface area contributed by atoms with Gasteiger partial charge in [0.05, 0.1) is 0 Å². The van der Waals surface area contributed by atoms with E-state index in [1.165, 1.54) is 32.1 Å². The zero-order valence-electron chi connectivity index (χ0n) is 16.2. The number of hydrogen-bond donors (Lipinski definition) is 3. The van der Waals surface area contributed by atoms with Crippen molar-refractivity contribution in [1.82, 2.24) is 16.0 Å². The quantitative estimate of drug-likeness (QED) is 0.270. The monoisotopic (exact) mass is 354 g/mol. The Morgan fingerprint density at radius 1 is 1.04 bits per heavy atom. The lowest BCUT2D eigenvalue weighted by Gasteiger charge is -2.13. The lowest BCUT2D eigenvalue weighted by molar-refractivity contribution is -0.121. The summed E-state index contributed by atoms with van der Waals surface area (Å²) in [4.78, 5) is 16.4. The van der Waals surface area contributed by atoms with E-state index in [1.807, 2.05) is 0 Å². The Labute approximate surface area is 153 Å². The molecule has 1 rings (SSSR count). The number of carbonyl (C=O) groups excluding carboxylic acids is 1. The van der Waals surface area contributed by atoms with Crippen molar-refractivity contribution in [3.8, 4) is 0 Å². The summed E-state index contributed by atoms with van der Waals surface area (Å²) in [6.07, 6.45) is 8.90. The Morgan fingerprint density at radius 3 is 2.48 bits per heavy atom. The van der Waals surface area contributed by atoms with Crippen molar-refractivity contribution in [2.45, 2.75) is 65.2 Å². The summed E-state index contributed by atoms with van der Waals surface area (Å²) in [6, 6.07) is 0. The number of hydrogen-bond acceptors (Lipinski definition) is 3. The molecule has 0 spiro atoms. The molecular formula is C19H38N4O2. The minimum absolute atomic E-state index is 0.180. The topological polar surface area (TPSA) is 74.8 Å². The number of amides is 1. The van der Waals surface area contributed by atoms with E-state index in [2.05, 4.69) is 34.8 Å². The molecule has 0 unspecified atom stereocenters. The Hall–Kier alpha value is -1.30. The molecule has 1 saturated carbocycles. The van der Waals surface area contributed by atoms with Gasteiger partial charge in [0, 0.05) is 45.8 Å². The predicted molar refractivity (Wildman–Crippen MR) is 104 cm³/mol. The van der Waals surface area contributed by atoms with E-state index < -0.39 is 0 Å². The van der Waals surface area contributed by atoms with Gasteiger partial charge in [-0.1, -0.05) is 26.2 Å². The van der Waals surface area contributed by atoms with Crippen LogP contribution in [0.2, 0.25) is 0 Å². The second-order valence-electron chi connectivity index (χ2n) is 6.71. The summed E-state index contributed by atoms with van der Waals surface area (Å²) in [5, 5.41) is 9.49. The van der Waals surface area contributed by atoms with Gasteiger partial charge in [0.25, 0.3) is 0 Å². The Kier molecular flexibility index (Phi) is 13.0. The minimum atomic E-state index is 0.180. The zero-order chi connectivity index (χ0) is 18.2. The summed E-state index contributed by atoms with van der Waals surface area (Å²) < 4.78 is 5.54. The number of aliphatic imine (C=N–C) groups is 1. The summed E-state index contributed by atoms with van der Waals surface area (Å²) in [6.45, 7) is 8.72. The van der Waals surface area contributed by atoms with E-state index in [1.54, 1.807) is 0 Å². The maximum Gasteiger partial charge on any atom is 0.220 e. The van der Waals surface area contributed by atoms with Crippen molar-refractivity contribution in [2.75, 3.05) is 39.4 Å². The first kappa shape index (κ1) is 21.7. The van der Waals surface area contributed by atoms with Gasteiger partial charge in [-0.3, -0.25) is 9.79 Å². The van der Waals surface area contributed by atoms with Crippen LogP contribution in [0.15, 0.2) is 4.99 Å². The van der Waals surface area contributed by atoms with Crippen LogP contribution in [0.4, 0.5) is 0 Å². The molecule has 1 fully saturated rings. The maximum absolute atomic E-state index is 11.9. The third-order valence-electron chi connectivity index (χ3n) is 4.39. The Bertz CT molecular complexity index is 368. The number of carbonyl (C=O) groups is 1. The first-order chi connectivity index (χ1) is 12.3. The molecule has 0 saturated heterocycles. The van der Waals surface area contributed by atoms with E-state index in [0.717, 1.165) is 45.1 Å². The molecule has 0 aromatic carbocycles. The average molecular weight is 355 g/mol. The van der Waals surface area contributed by atoms with Crippen LogP contribution in [0.3, 0.4) is 0 Å². The number of rotatable bonds is 13. The van der Waals surface area contributed by atoms with Gasteiger partial charge in [0.1, 0.15) is 0 Å². The molecule has 146 valence electrons. The highest BCUT2D eigenvalue weighted by Crippen LogP contribution is 2.27. The lowest BCUT2D eigenvalue weighted by Crippen LogP contribution is -2.41. The van der Waals surface area contributed by atoms with Crippen LogP contribution in [0.25, 0.3) is 0 Å². The highest BCUT2D eigenvalue weighted by molar-refractivity contribution is 5.80. The molecule has 25 heavy (non-hydrogen) atoms. The van der Waals surface area contributed by atoms with Crippen LogP contribution >= 0.6 is 0 Å². The molecule has 6 heteroatoms. The van der Waals surface area contributed by atoms with Gasteiger partial charge in [-0.05, 0) is 38.5 Å². The zero-order valence-corrected chi connectivity index (χ0v) is 16.2. The second kappa shape index (κ2) is 15.0. The number of unbranched alkanes of at least 4 members (excludes halogenated alkanes) is 1. The number of nitrogens with zero attached hydrogens (tertiary/aromatic N) is 1. The van der Waals surface area contributed by atoms with Crippen molar-refractivity contribution in [1.29, 1.82) is 0 Å². The van der Waals surface area contributed by atoms with Gasteiger partial charge in [0.15, 0.2) is 5.96 Å². The molecule has 0 atom stereocenters. The summed E-state index contributed by atoms with van der Waals surface area (Å²) in [7, 11) is 0. The predicted octanol–water partition coefficient (Wildman–Crippen LogP) is 2.44. The average Bonchev–Trinajstić information content (AvgIpc) is 3.10. The first-order valence-electron chi connectivity index (χ1n) is 10.1. The molecular weight excluding hydrogens is 316 g/mol. The normalized spacial score (nSPS) is 15.4. The molecule has 0 heterocycles. The first-order valence-corrected chi connectivity index (χ1v) is 10.1. The van der Waals surface area contributed by atoms with Crippen molar-refractivity contribution in [3.63, 3.8) is 0 Å². The number of nitrogens with one attached hydrogen (secondary N) is 3. The van der Waals surface area contributed by atoms with Crippen LogP contribution in [0, 0.1) is 5.92 Å². The summed E-state index contributed by atoms with van der Waals surface area (Å²) >= 11 is 0. The fraction of sp³-hybridized carbons (Fsp3) is 0.895. The van der Waals surface area contributed by atoms with E-state index in [-0.39, 0.29) is 5.91 Å². The van der Waals surface area contributed by atoms with Crippen molar-refractivity contribution in [3.05, 3.63) is 0 Å². The molecule has 6 nitrogen and oxygen atoms in total. The van der Waals surface area contributed by atoms with E-state index >= 15 is 0 Å². The fourth-order valence-corrected chi connectivity index (χ4v) is 2.98. The number of ether oxygens (including phenoxy) is 1. The standard InChI is InChI=1S/C19H38N4O2/c1-3-5-14-25-15-8-11-22-19(20-4-2)23-13-12-21-18(24)16-17-9-6-7-10-17/h17H,3-16H2,1-2H3,(H,21,24)(H2,20,22,23). The van der Waals surface area contributed by atoms with E-state index in [0.29, 0.717) is 25.4 Å². The number of guanidine groups is 1. The van der Waals surface area contributed by atoms with Gasteiger partial charge < -0.3 is 20.7 Å². The largest absolute Gasteiger partial charge is 0.381 e. The molecule has 0 aliphatic heterocycles. The SMILES string of the molecule is CCCCOCCCN=C(NCC)NCCNC(=O)CC1CCCC1. The molecule has 0 radical (unpaired) electrons. The molecule has 0 aromatic heterocycles. The molecule has 1 amide bonds. The second-order valence-corrected chi connectivity index (χ2v) is 6.71. The minimum Gasteiger partial charge on any atom is -0.381 e. The lowest BCUT2D eigenvalue weighted by atomic mass is 10.0. The van der Waals surface area contributed by atoms with Gasteiger partial charge in [0.2, 0.25) is 5.91 Å². The fourth-order valence-electron chi connectivity index (χ4n) is 2.98. The van der Waals surface area contributed by atoms with E-state index in [9.17, 15) is 4.79 Å². The van der Waals surface area contributed by atoms with Gasteiger partial charge in [-0.2, -0.15) is 0 Å². The van der Waals surface area contributed by atoms with Crippen LogP contribution in [0.5, 0.6) is 0 Å². The highest BCUT2D eigenvalue weighted by atomic mass is 16.5. The Balaban J connectivity index is 2.08. The van der Waals surface area contributed by atoms with Crippen molar-refractivity contribution < 1.29 is 9.53 Å². The molecule has 1 aliphatic carbocycles. The van der Waals surface area contributed by atoms with E-state index in [4.69, 9.17) is 4.74 Å². The summed E-state index contributed by atoms with van der Waals surface area (Å²) in [5.74, 6) is 1.59. The molecule has 3 N–H and O–H groups in total. The molecule has 0 aromatic rings. The van der Waals surface area contributed by atoms with Gasteiger partial charge in [-0.15, -0.1) is 0 Å². The van der Waals surface area contributed by atoms with Gasteiger partial charge >= 0.3 is 0 Å². The van der Waals surface area contributed by atoms with Crippen LogP contribution in [-0.2, 0) is 9.53 Å². The van der Waals surface area contributed by atoms with Crippen LogP contribution in [-0.4, -0.2) is 51.3 Å². The summed E-state index contributed by atoms with van der Waals surface area (Å²) in [5.41, 5.74) is 0. The maximum atomic E-state index is 11.9. The third-order valence-corrected chi connectivity index (χ3v) is 4.39. The van der Waals surface area contributed by atoms with Crippen LogP contribution < -0.4 is 16.0 Å². The van der Waals surface area contributed by atoms with Crippen molar-refractivity contribution in [2.24, 2.45) is 10.9 Å². The van der Waals surface area contributed by atoms with Crippen molar-refractivity contribution >= 4 is 11.9 Å². The van der Waals surface area contributed by atoms with Crippen LogP contribution in [0.1, 0.15) is 65.2 Å². The molecule has 1 aliphatic rings. The Morgan fingerprint density at radius 2 is 1.76 bits per heavy atom. The highest BCUT2D eigenvalue weighted by Gasteiger charge is 2.17. The smallest absolute Gasteiger partial charge is 0.220 e. The molecule has 0 bridgehead atoms.